The van der Waals surface area contributed by atoms with Crippen molar-refractivity contribution in [2.24, 2.45) is 11.8 Å². The van der Waals surface area contributed by atoms with E-state index in [1.807, 2.05) is 0 Å². The number of aliphatic hydroxyl groups is 1. The first-order valence-electron chi connectivity index (χ1n) is 11.6. The number of carboxylic acids is 1. The molecule has 174 valence electrons. The zero-order valence-electron chi connectivity index (χ0n) is 18.5. The van der Waals surface area contributed by atoms with E-state index in [1.165, 1.54) is 0 Å². The van der Waals surface area contributed by atoms with Crippen LogP contribution in [0, 0.1) is 11.8 Å². The van der Waals surface area contributed by atoms with E-state index in [9.17, 15) is 19.5 Å². The summed E-state index contributed by atoms with van der Waals surface area (Å²) in [5, 5.41) is 18.9. The lowest BCUT2D eigenvalue weighted by Crippen LogP contribution is -2.56. The zero-order chi connectivity index (χ0) is 22.6. The number of amides is 2. The highest BCUT2D eigenvalue weighted by Gasteiger charge is 2.74. The minimum Gasteiger partial charge on any atom is -0.481 e. The molecule has 2 amide bonds. The van der Waals surface area contributed by atoms with Crippen LogP contribution in [-0.2, 0) is 19.1 Å². The summed E-state index contributed by atoms with van der Waals surface area (Å²) in [5.41, 5.74) is -1.05. The number of hydrogen-bond donors (Lipinski definition) is 2. The van der Waals surface area contributed by atoms with Gasteiger partial charge in [-0.05, 0) is 38.5 Å². The van der Waals surface area contributed by atoms with Crippen LogP contribution >= 0.6 is 0 Å². The summed E-state index contributed by atoms with van der Waals surface area (Å²) >= 11 is 0. The molecule has 3 saturated heterocycles. The molecule has 0 aromatic carbocycles. The summed E-state index contributed by atoms with van der Waals surface area (Å²) in [6, 6.07) is -0.796. The molecule has 1 spiro atoms. The highest BCUT2D eigenvalue weighted by atomic mass is 16.5. The first-order valence-corrected chi connectivity index (χ1v) is 11.6. The number of likely N-dealkylation sites (tertiary alicyclic amines) is 1. The summed E-state index contributed by atoms with van der Waals surface area (Å²) in [5.74, 6) is -3.17. The Morgan fingerprint density at radius 3 is 2.71 bits per heavy atom. The van der Waals surface area contributed by atoms with Gasteiger partial charge in [-0.15, -0.1) is 6.58 Å². The fraction of sp³-hybridized carbons (Fsp3) is 0.783. The largest absolute Gasteiger partial charge is 0.481 e. The second-order valence-electron chi connectivity index (χ2n) is 8.99. The van der Waals surface area contributed by atoms with Crippen LogP contribution in [-0.4, -0.2) is 81.8 Å². The van der Waals surface area contributed by atoms with Crippen molar-refractivity contribution in [3.05, 3.63) is 12.7 Å². The van der Waals surface area contributed by atoms with E-state index >= 15 is 0 Å². The maximum Gasteiger partial charge on any atom is 0.310 e. The lowest BCUT2D eigenvalue weighted by Gasteiger charge is -2.36. The average molecular weight is 437 g/mol. The van der Waals surface area contributed by atoms with Gasteiger partial charge < -0.3 is 24.7 Å². The third kappa shape index (κ3) is 4.24. The third-order valence-electron chi connectivity index (χ3n) is 7.07. The van der Waals surface area contributed by atoms with E-state index in [0.717, 1.165) is 25.7 Å². The van der Waals surface area contributed by atoms with Crippen LogP contribution in [0.15, 0.2) is 12.7 Å². The van der Waals surface area contributed by atoms with Crippen LogP contribution in [0.4, 0.5) is 0 Å². The molecule has 31 heavy (non-hydrogen) atoms. The Bertz CT molecular complexity index is 698. The van der Waals surface area contributed by atoms with Gasteiger partial charge in [0.1, 0.15) is 11.6 Å². The van der Waals surface area contributed by atoms with Gasteiger partial charge in [-0.2, -0.15) is 0 Å². The molecule has 3 aliphatic rings. The molecule has 0 aromatic heterocycles. The van der Waals surface area contributed by atoms with Crippen molar-refractivity contribution in [3.63, 3.8) is 0 Å². The normalized spacial score (nSPS) is 31.2. The maximum absolute atomic E-state index is 13.8. The first-order chi connectivity index (χ1) is 14.9. The van der Waals surface area contributed by atoms with Gasteiger partial charge in [0, 0.05) is 26.2 Å². The minimum absolute atomic E-state index is 0.0826. The van der Waals surface area contributed by atoms with Crippen molar-refractivity contribution in [1.29, 1.82) is 0 Å². The van der Waals surface area contributed by atoms with Gasteiger partial charge in [0.05, 0.1) is 17.9 Å². The lowest BCUT2D eigenvalue weighted by molar-refractivity contribution is -0.151. The quantitative estimate of drug-likeness (QED) is 0.337. The number of aliphatic carboxylic acids is 1. The summed E-state index contributed by atoms with van der Waals surface area (Å²) in [7, 11) is 0. The second kappa shape index (κ2) is 10.1. The molecule has 3 rings (SSSR count). The standard InChI is InChI=1S/C23H36N2O6/c1-3-5-7-13-24(12-4-2)21(28)19-23-11-10-16(31-23)17(22(29)30)18(23)20(27)25(19)14-8-6-9-15-26/h4,16-19,26H,2-3,5-15H2,1H3,(H,29,30)/t16-,17+,18+,19-,23+/m1/s1. The Morgan fingerprint density at radius 1 is 1.29 bits per heavy atom. The van der Waals surface area contributed by atoms with Crippen LogP contribution in [0.5, 0.6) is 0 Å². The topological polar surface area (TPSA) is 107 Å². The van der Waals surface area contributed by atoms with Crippen molar-refractivity contribution < 1.29 is 29.3 Å². The molecule has 5 atom stereocenters. The number of fused-ring (bicyclic) bond motifs is 1. The molecular weight excluding hydrogens is 400 g/mol. The first kappa shape index (κ1) is 23.7. The molecule has 0 aromatic rings. The number of ether oxygens (including phenoxy) is 1. The Balaban J connectivity index is 1.90. The van der Waals surface area contributed by atoms with E-state index in [2.05, 4.69) is 13.5 Å². The molecule has 0 saturated carbocycles. The molecule has 0 radical (unpaired) electrons. The van der Waals surface area contributed by atoms with E-state index in [0.29, 0.717) is 45.3 Å². The number of nitrogens with zero attached hydrogens (tertiary/aromatic N) is 2. The van der Waals surface area contributed by atoms with Crippen molar-refractivity contribution in [2.45, 2.75) is 76.0 Å². The van der Waals surface area contributed by atoms with Gasteiger partial charge in [0.25, 0.3) is 0 Å². The van der Waals surface area contributed by atoms with Crippen LogP contribution in [0.1, 0.15) is 58.3 Å². The molecule has 8 heteroatoms. The highest BCUT2D eigenvalue weighted by Crippen LogP contribution is 2.58. The van der Waals surface area contributed by atoms with Crippen molar-refractivity contribution in [2.75, 3.05) is 26.2 Å². The van der Waals surface area contributed by atoms with Gasteiger partial charge in [-0.1, -0.05) is 25.8 Å². The van der Waals surface area contributed by atoms with E-state index in [1.54, 1.807) is 15.9 Å². The predicted molar refractivity (Wildman–Crippen MR) is 114 cm³/mol. The van der Waals surface area contributed by atoms with Gasteiger partial charge in [0.2, 0.25) is 11.8 Å². The fourth-order valence-corrected chi connectivity index (χ4v) is 5.70. The van der Waals surface area contributed by atoms with Gasteiger partial charge in [-0.3, -0.25) is 14.4 Å². The van der Waals surface area contributed by atoms with E-state index in [4.69, 9.17) is 9.84 Å². The zero-order valence-corrected chi connectivity index (χ0v) is 18.5. The Hall–Kier alpha value is -1.93. The highest BCUT2D eigenvalue weighted by molar-refractivity contribution is 5.98. The van der Waals surface area contributed by atoms with Crippen LogP contribution in [0.2, 0.25) is 0 Å². The third-order valence-corrected chi connectivity index (χ3v) is 7.07. The second-order valence-corrected chi connectivity index (χ2v) is 8.99. The smallest absolute Gasteiger partial charge is 0.310 e. The molecule has 2 bridgehead atoms. The number of carbonyl (C=O) groups is 3. The van der Waals surface area contributed by atoms with Gasteiger partial charge in [-0.25, -0.2) is 0 Å². The number of unbranched alkanes of at least 4 members (excludes halogenated alkanes) is 4. The van der Waals surface area contributed by atoms with Crippen molar-refractivity contribution in [3.8, 4) is 0 Å². The summed E-state index contributed by atoms with van der Waals surface area (Å²) in [6.07, 6.45) is 7.18. The summed E-state index contributed by atoms with van der Waals surface area (Å²) in [6.45, 7) is 7.30. The van der Waals surface area contributed by atoms with Crippen molar-refractivity contribution in [1.82, 2.24) is 9.80 Å². The van der Waals surface area contributed by atoms with E-state index < -0.39 is 35.6 Å². The minimum atomic E-state index is -1.05. The fourth-order valence-electron chi connectivity index (χ4n) is 5.70. The number of rotatable bonds is 13. The monoisotopic (exact) mass is 436 g/mol. The predicted octanol–water partition coefficient (Wildman–Crippen LogP) is 1.81. The van der Waals surface area contributed by atoms with Gasteiger partial charge in [0.15, 0.2) is 0 Å². The molecule has 0 aliphatic carbocycles. The summed E-state index contributed by atoms with van der Waals surface area (Å²) < 4.78 is 6.22. The Kier molecular flexibility index (Phi) is 7.75. The van der Waals surface area contributed by atoms with Gasteiger partial charge >= 0.3 is 5.97 Å². The number of hydrogen-bond acceptors (Lipinski definition) is 5. The van der Waals surface area contributed by atoms with Crippen molar-refractivity contribution >= 4 is 17.8 Å². The molecule has 0 unspecified atom stereocenters. The number of aliphatic hydroxyl groups excluding tert-OH is 1. The summed E-state index contributed by atoms with van der Waals surface area (Å²) in [4.78, 5) is 42.5. The molecular formula is C23H36N2O6. The lowest BCUT2D eigenvalue weighted by atomic mass is 9.70. The number of carboxylic acid groups (broad SMARTS) is 1. The molecule has 3 aliphatic heterocycles. The van der Waals surface area contributed by atoms with Crippen LogP contribution in [0.25, 0.3) is 0 Å². The molecule has 3 fully saturated rings. The molecule has 8 nitrogen and oxygen atoms in total. The molecule has 3 heterocycles. The number of carbonyl (C=O) groups excluding carboxylic acids is 2. The van der Waals surface area contributed by atoms with Crippen LogP contribution in [0.3, 0.4) is 0 Å². The maximum atomic E-state index is 13.8. The Labute approximate surface area is 184 Å². The van der Waals surface area contributed by atoms with Crippen LogP contribution < -0.4 is 0 Å². The Morgan fingerprint density at radius 2 is 2.06 bits per heavy atom. The molecule has 2 N–H and O–H groups in total. The van der Waals surface area contributed by atoms with E-state index in [-0.39, 0.29) is 18.4 Å². The SMILES string of the molecule is C=CCN(CCCCC)C(=O)[C@H]1N(CCCCCO)C(=O)[C@@H]2[C@@H](C(=O)O)[C@H]3CC[C@]21O3. The average Bonchev–Trinajstić information content (AvgIpc) is 3.38.